The minimum absolute atomic E-state index is 0.143. The molecule has 0 spiro atoms. The molecule has 1 saturated heterocycles. The monoisotopic (exact) mass is 669 g/mol. The summed E-state index contributed by atoms with van der Waals surface area (Å²) in [6.45, 7) is -0.430. The van der Waals surface area contributed by atoms with Crippen molar-refractivity contribution in [3.8, 4) is 0 Å². The summed E-state index contributed by atoms with van der Waals surface area (Å²) in [5.41, 5.74) is 4.95. The molecule has 0 saturated carbocycles. The number of imide groups is 1. The molecule has 0 N–H and O–H groups in total. The number of esters is 1. The molecule has 41 heavy (non-hydrogen) atoms. The van der Waals surface area contributed by atoms with E-state index in [0.29, 0.717) is 11.3 Å². The van der Waals surface area contributed by atoms with Crippen molar-refractivity contribution in [1.82, 2.24) is 0 Å². The van der Waals surface area contributed by atoms with Gasteiger partial charge in [-0.2, -0.15) is 0 Å². The number of benzene rings is 4. The van der Waals surface area contributed by atoms with Crippen LogP contribution in [0.5, 0.6) is 0 Å². The topological polar surface area (TPSA) is 80.8 Å². The normalized spacial score (nSPS) is 23.6. The molecule has 0 radical (unpaired) electrons. The van der Waals surface area contributed by atoms with Crippen LogP contribution >= 0.6 is 31.9 Å². The van der Waals surface area contributed by atoms with Gasteiger partial charge in [0, 0.05) is 16.0 Å². The van der Waals surface area contributed by atoms with Gasteiger partial charge in [0.2, 0.25) is 11.8 Å². The fourth-order valence-electron chi connectivity index (χ4n) is 6.64. The molecule has 1 aliphatic heterocycles. The van der Waals surface area contributed by atoms with Crippen molar-refractivity contribution < 1.29 is 23.9 Å². The van der Waals surface area contributed by atoms with Gasteiger partial charge in [0.15, 0.2) is 12.4 Å². The Balaban J connectivity index is 1.20. The molecule has 2 unspecified atom stereocenters. The molecule has 3 aliphatic carbocycles. The molecule has 0 aromatic heterocycles. The quantitative estimate of drug-likeness (QED) is 0.106. The highest BCUT2D eigenvalue weighted by Crippen LogP contribution is 2.66. The number of ketones is 1. The zero-order valence-corrected chi connectivity index (χ0v) is 24.6. The second-order valence-electron chi connectivity index (χ2n) is 10.4. The van der Waals surface area contributed by atoms with Crippen molar-refractivity contribution in [3.63, 3.8) is 0 Å². The van der Waals surface area contributed by atoms with Crippen molar-refractivity contribution >= 4 is 61.1 Å². The Bertz CT molecular complexity index is 1740. The first-order valence-electron chi connectivity index (χ1n) is 13.1. The van der Waals surface area contributed by atoms with Crippen molar-refractivity contribution in [2.45, 2.75) is 10.2 Å². The third-order valence-corrected chi connectivity index (χ3v) is 10.2. The van der Waals surface area contributed by atoms with E-state index >= 15 is 0 Å². The number of rotatable bonds is 5. The van der Waals surface area contributed by atoms with E-state index in [0.717, 1.165) is 26.7 Å². The second kappa shape index (κ2) is 9.60. The van der Waals surface area contributed by atoms with E-state index in [2.05, 4.69) is 31.9 Å². The number of nitrogens with zero attached hydrogens (tertiary/aromatic N) is 1. The standard InChI is InChI=1S/C33H21Br2NO5/c34-20-14-12-18(13-15-20)26(37)17-41-32(40)19-6-5-7-21(16-19)36-30(38)28-27-22-8-1-3-10-24(22)33(35,29(28)31(36)39)25-11-4-2-9-23(25)27/h1-16,27-29H,17H2. The van der Waals surface area contributed by atoms with Crippen molar-refractivity contribution in [1.29, 1.82) is 0 Å². The van der Waals surface area contributed by atoms with Gasteiger partial charge in [-0.05, 0) is 52.6 Å². The lowest BCUT2D eigenvalue weighted by atomic mass is 9.55. The summed E-state index contributed by atoms with van der Waals surface area (Å²) in [7, 11) is 0. The second-order valence-corrected chi connectivity index (χ2v) is 12.6. The molecule has 8 rings (SSSR count). The lowest BCUT2D eigenvalue weighted by molar-refractivity contribution is -0.122. The fraction of sp³-hybridized carbons (Fsp3) is 0.152. The zero-order valence-electron chi connectivity index (χ0n) is 21.4. The Morgan fingerprint density at radius 3 is 2.07 bits per heavy atom. The summed E-state index contributed by atoms with van der Waals surface area (Å²) in [6, 6.07) is 29.0. The molecule has 6 nitrogen and oxygen atoms in total. The molecule has 4 aromatic rings. The van der Waals surface area contributed by atoms with E-state index in [1.807, 2.05) is 48.5 Å². The van der Waals surface area contributed by atoms with E-state index in [1.165, 1.54) is 17.0 Å². The number of Topliss-reactive ketones (excluding diaryl/α,β-unsaturated/α-hetero) is 1. The summed E-state index contributed by atoms with van der Waals surface area (Å²) in [5.74, 6) is -3.17. The number of ether oxygens (including phenoxy) is 1. The number of carbonyl (C=O) groups excluding carboxylic acids is 4. The van der Waals surface area contributed by atoms with Gasteiger partial charge in [0.1, 0.15) is 0 Å². The maximum atomic E-state index is 14.2. The first-order chi connectivity index (χ1) is 19.8. The van der Waals surface area contributed by atoms with Gasteiger partial charge in [0.05, 0.1) is 27.4 Å². The van der Waals surface area contributed by atoms with Crippen LogP contribution in [0.2, 0.25) is 0 Å². The van der Waals surface area contributed by atoms with Crippen molar-refractivity contribution in [2.75, 3.05) is 11.5 Å². The third-order valence-electron chi connectivity index (χ3n) is 8.36. The lowest BCUT2D eigenvalue weighted by Gasteiger charge is -2.51. The highest BCUT2D eigenvalue weighted by molar-refractivity contribution is 9.10. The van der Waals surface area contributed by atoms with E-state index in [9.17, 15) is 19.2 Å². The Labute approximate surface area is 252 Å². The highest BCUT2D eigenvalue weighted by Gasteiger charge is 2.67. The SMILES string of the molecule is O=C(COC(=O)c1cccc(N2C(=O)C3C4c5ccccc5C(Br)(c5ccccc54)C3C2=O)c1)c1ccc(Br)cc1. The van der Waals surface area contributed by atoms with Crippen LogP contribution < -0.4 is 4.90 Å². The third kappa shape index (κ3) is 3.81. The number of carbonyl (C=O) groups is 4. The summed E-state index contributed by atoms with van der Waals surface area (Å²) < 4.78 is 5.27. The summed E-state index contributed by atoms with van der Waals surface area (Å²) in [4.78, 5) is 54.8. The first-order valence-corrected chi connectivity index (χ1v) is 14.7. The Morgan fingerprint density at radius 1 is 0.780 bits per heavy atom. The van der Waals surface area contributed by atoms with E-state index in [4.69, 9.17) is 4.74 Å². The van der Waals surface area contributed by atoms with Crippen molar-refractivity contribution in [2.24, 2.45) is 11.8 Å². The lowest BCUT2D eigenvalue weighted by Crippen LogP contribution is -2.50. The molecular weight excluding hydrogens is 650 g/mol. The van der Waals surface area contributed by atoms with Gasteiger partial charge < -0.3 is 4.74 Å². The first kappa shape index (κ1) is 26.0. The molecule has 2 bridgehead atoms. The van der Waals surface area contributed by atoms with Crippen LogP contribution in [0.25, 0.3) is 0 Å². The van der Waals surface area contributed by atoms with Crippen molar-refractivity contribution in [3.05, 3.63) is 135 Å². The van der Waals surface area contributed by atoms with Gasteiger partial charge >= 0.3 is 5.97 Å². The maximum absolute atomic E-state index is 14.2. The van der Waals surface area contributed by atoms with E-state index in [-0.39, 0.29) is 29.1 Å². The fourth-order valence-corrected chi connectivity index (χ4v) is 8.11. The van der Waals surface area contributed by atoms with E-state index < -0.39 is 28.7 Å². The van der Waals surface area contributed by atoms with Crippen LogP contribution in [0.3, 0.4) is 0 Å². The molecular formula is C33H21Br2NO5. The molecule has 1 fully saturated rings. The van der Waals surface area contributed by atoms with Crippen LogP contribution in [0.15, 0.2) is 102 Å². The van der Waals surface area contributed by atoms with Crippen LogP contribution in [0.4, 0.5) is 5.69 Å². The van der Waals surface area contributed by atoms with Gasteiger partial charge in [-0.3, -0.25) is 14.4 Å². The van der Waals surface area contributed by atoms with Gasteiger partial charge in [0.25, 0.3) is 0 Å². The van der Waals surface area contributed by atoms with Crippen LogP contribution in [-0.2, 0) is 18.7 Å². The summed E-state index contributed by atoms with van der Waals surface area (Å²) >= 11 is 7.32. The molecule has 1 heterocycles. The molecule has 202 valence electrons. The van der Waals surface area contributed by atoms with Crippen LogP contribution in [-0.4, -0.2) is 30.2 Å². The van der Waals surface area contributed by atoms with Gasteiger partial charge in [-0.25, -0.2) is 9.69 Å². The minimum Gasteiger partial charge on any atom is -0.454 e. The Morgan fingerprint density at radius 2 is 1.41 bits per heavy atom. The largest absolute Gasteiger partial charge is 0.454 e. The number of alkyl halides is 1. The summed E-state index contributed by atoms with van der Waals surface area (Å²) in [5, 5.41) is 0. The highest BCUT2D eigenvalue weighted by atomic mass is 79.9. The summed E-state index contributed by atoms with van der Waals surface area (Å²) in [6.07, 6.45) is 0. The van der Waals surface area contributed by atoms with Crippen LogP contribution in [0, 0.1) is 11.8 Å². The number of hydrogen-bond donors (Lipinski definition) is 0. The zero-order chi connectivity index (χ0) is 28.5. The number of amides is 2. The minimum atomic E-state index is -0.856. The average molecular weight is 671 g/mol. The number of anilines is 1. The Kier molecular flexibility index (Phi) is 6.10. The van der Waals surface area contributed by atoms with E-state index in [1.54, 1.807) is 36.4 Å². The Hall–Kier alpha value is -3.88. The predicted octanol–water partition coefficient (Wildman–Crippen LogP) is 6.39. The number of halogens is 2. The number of hydrogen-bond acceptors (Lipinski definition) is 5. The average Bonchev–Trinajstić information content (AvgIpc) is 3.27. The molecule has 8 heteroatoms. The molecule has 4 aliphatic rings. The molecule has 2 amide bonds. The van der Waals surface area contributed by atoms with Crippen LogP contribution in [0.1, 0.15) is 48.9 Å². The molecule has 4 aromatic carbocycles. The maximum Gasteiger partial charge on any atom is 0.338 e. The van der Waals surface area contributed by atoms with Gasteiger partial charge in [-0.1, -0.05) is 98.6 Å². The predicted molar refractivity (Wildman–Crippen MR) is 159 cm³/mol. The molecule has 2 atom stereocenters. The smallest absolute Gasteiger partial charge is 0.338 e. The van der Waals surface area contributed by atoms with Gasteiger partial charge in [-0.15, -0.1) is 0 Å².